The first-order valence-corrected chi connectivity index (χ1v) is 3.74. The Hall–Kier alpha value is -0.590. The SMILES string of the molecule is CC(=O)OCc1n(C)cc[n+]1C.[I-]. The number of hydrogen-bond donors (Lipinski definition) is 0. The summed E-state index contributed by atoms with van der Waals surface area (Å²) in [7, 11) is 3.83. The zero-order valence-electron chi connectivity index (χ0n) is 7.95. The quantitative estimate of drug-likeness (QED) is 0.330. The van der Waals surface area contributed by atoms with Gasteiger partial charge in [-0.3, -0.25) is 4.79 Å². The van der Waals surface area contributed by atoms with Crippen LogP contribution >= 0.6 is 0 Å². The van der Waals surface area contributed by atoms with Crippen molar-refractivity contribution in [3.8, 4) is 0 Å². The molecule has 0 fully saturated rings. The number of hydrogen-bond acceptors (Lipinski definition) is 2. The predicted octanol–water partition coefficient (Wildman–Crippen LogP) is -3.08. The molecule has 0 atom stereocenters. The molecular formula is C8H13IN2O2. The highest BCUT2D eigenvalue weighted by molar-refractivity contribution is 5.65. The number of esters is 1. The van der Waals surface area contributed by atoms with E-state index >= 15 is 0 Å². The van der Waals surface area contributed by atoms with Crippen LogP contribution in [0.25, 0.3) is 0 Å². The second-order valence-electron chi connectivity index (χ2n) is 2.72. The van der Waals surface area contributed by atoms with Crippen molar-refractivity contribution < 1.29 is 38.1 Å². The third-order valence-corrected chi connectivity index (χ3v) is 1.73. The number of nitrogens with zero attached hydrogens (tertiary/aromatic N) is 2. The van der Waals surface area contributed by atoms with Crippen molar-refractivity contribution >= 4 is 5.97 Å². The molecule has 0 amide bonds. The first kappa shape index (κ1) is 12.4. The largest absolute Gasteiger partial charge is 1.00 e. The van der Waals surface area contributed by atoms with Crippen LogP contribution in [0.1, 0.15) is 12.7 Å². The van der Waals surface area contributed by atoms with E-state index in [1.807, 2.05) is 35.6 Å². The average Bonchev–Trinajstić information content (AvgIpc) is 2.28. The number of ether oxygens (including phenoxy) is 1. The first-order valence-electron chi connectivity index (χ1n) is 3.74. The Labute approximate surface area is 94.5 Å². The van der Waals surface area contributed by atoms with Gasteiger partial charge in [-0.15, -0.1) is 0 Å². The molecule has 0 radical (unpaired) electrons. The summed E-state index contributed by atoms with van der Waals surface area (Å²) in [4.78, 5) is 10.5. The molecule has 4 nitrogen and oxygen atoms in total. The topological polar surface area (TPSA) is 35.1 Å². The van der Waals surface area contributed by atoms with Gasteiger partial charge >= 0.3 is 5.97 Å². The summed E-state index contributed by atoms with van der Waals surface area (Å²) in [6, 6.07) is 0. The van der Waals surface area contributed by atoms with Crippen molar-refractivity contribution in [1.82, 2.24) is 4.57 Å². The molecule has 0 saturated heterocycles. The van der Waals surface area contributed by atoms with Crippen LogP contribution in [0.5, 0.6) is 0 Å². The Kier molecular flexibility index (Phi) is 4.97. The standard InChI is InChI=1S/C8H13N2O2.HI/c1-7(11)12-6-8-9(2)4-5-10(8)3;/h4-5H,6H2,1-3H3;1H/q+1;/p-1. The van der Waals surface area contributed by atoms with Crippen molar-refractivity contribution in [2.24, 2.45) is 14.1 Å². The Morgan fingerprint density at radius 2 is 2.31 bits per heavy atom. The number of aromatic nitrogens is 2. The van der Waals surface area contributed by atoms with Crippen molar-refractivity contribution in [3.05, 3.63) is 18.2 Å². The molecule has 13 heavy (non-hydrogen) atoms. The van der Waals surface area contributed by atoms with Gasteiger partial charge in [0.15, 0.2) is 6.61 Å². The van der Waals surface area contributed by atoms with Crippen LogP contribution in [-0.4, -0.2) is 10.5 Å². The molecule has 1 aromatic rings. The summed E-state index contributed by atoms with van der Waals surface area (Å²) in [5, 5.41) is 0. The minimum atomic E-state index is -0.254. The van der Waals surface area contributed by atoms with Gasteiger partial charge in [-0.25, -0.2) is 9.13 Å². The van der Waals surface area contributed by atoms with Gasteiger partial charge in [0.25, 0.3) is 5.82 Å². The van der Waals surface area contributed by atoms with E-state index in [2.05, 4.69) is 0 Å². The Bertz CT molecular complexity index is 277. The number of carbonyl (C=O) groups excluding carboxylic acids is 1. The summed E-state index contributed by atoms with van der Waals surface area (Å²) in [6.07, 6.45) is 3.83. The molecule has 0 aliphatic heterocycles. The molecule has 0 saturated carbocycles. The van der Waals surface area contributed by atoms with Crippen molar-refractivity contribution in [3.63, 3.8) is 0 Å². The van der Waals surface area contributed by atoms with E-state index in [4.69, 9.17) is 4.74 Å². The van der Waals surface area contributed by atoms with Crippen LogP contribution in [0, 0.1) is 0 Å². The third-order valence-electron chi connectivity index (χ3n) is 1.73. The first-order chi connectivity index (χ1) is 5.61. The molecule has 0 aromatic carbocycles. The van der Waals surface area contributed by atoms with Gasteiger partial charge in [0, 0.05) is 6.92 Å². The number of rotatable bonds is 2. The average molecular weight is 296 g/mol. The zero-order valence-corrected chi connectivity index (χ0v) is 10.1. The van der Waals surface area contributed by atoms with E-state index in [1.165, 1.54) is 6.92 Å². The fourth-order valence-electron chi connectivity index (χ4n) is 0.991. The van der Waals surface area contributed by atoms with Crippen LogP contribution in [0.4, 0.5) is 0 Å². The second-order valence-corrected chi connectivity index (χ2v) is 2.72. The van der Waals surface area contributed by atoms with Crippen LogP contribution in [0.15, 0.2) is 12.4 Å². The molecule has 5 heteroatoms. The highest BCUT2D eigenvalue weighted by Crippen LogP contribution is 1.94. The molecule has 0 spiro atoms. The lowest BCUT2D eigenvalue weighted by molar-refractivity contribution is -0.680. The van der Waals surface area contributed by atoms with Crippen molar-refractivity contribution in [2.75, 3.05) is 0 Å². The van der Waals surface area contributed by atoms with Crippen molar-refractivity contribution in [1.29, 1.82) is 0 Å². The van der Waals surface area contributed by atoms with Gasteiger partial charge in [-0.1, -0.05) is 0 Å². The Morgan fingerprint density at radius 3 is 2.69 bits per heavy atom. The smallest absolute Gasteiger partial charge is 0.303 e. The number of aryl methyl sites for hydroxylation is 2. The molecule has 74 valence electrons. The van der Waals surface area contributed by atoms with E-state index in [-0.39, 0.29) is 29.9 Å². The monoisotopic (exact) mass is 296 g/mol. The molecule has 1 rings (SSSR count). The van der Waals surface area contributed by atoms with Gasteiger partial charge in [0.2, 0.25) is 0 Å². The maximum atomic E-state index is 10.5. The van der Waals surface area contributed by atoms with Gasteiger partial charge in [0.1, 0.15) is 12.4 Å². The summed E-state index contributed by atoms with van der Waals surface area (Å²) < 4.78 is 8.71. The lowest BCUT2D eigenvalue weighted by Crippen LogP contribution is -3.00. The van der Waals surface area contributed by atoms with Crippen LogP contribution in [0.2, 0.25) is 0 Å². The summed E-state index contributed by atoms with van der Waals surface area (Å²) >= 11 is 0. The summed E-state index contributed by atoms with van der Waals surface area (Å²) in [5.74, 6) is 0.710. The van der Waals surface area contributed by atoms with Gasteiger partial charge in [-0.05, 0) is 0 Å². The highest BCUT2D eigenvalue weighted by Gasteiger charge is 2.11. The molecular weight excluding hydrogens is 283 g/mol. The number of carbonyl (C=O) groups is 1. The summed E-state index contributed by atoms with van der Waals surface area (Å²) in [6.45, 7) is 1.73. The maximum absolute atomic E-state index is 10.5. The van der Waals surface area contributed by atoms with E-state index in [0.29, 0.717) is 6.61 Å². The maximum Gasteiger partial charge on any atom is 0.303 e. The Balaban J connectivity index is 0.00000144. The van der Waals surface area contributed by atoms with Crippen LogP contribution in [0.3, 0.4) is 0 Å². The fraction of sp³-hybridized carbons (Fsp3) is 0.500. The van der Waals surface area contributed by atoms with Gasteiger partial charge < -0.3 is 28.7 Å². The van der Waals surface area contributed by atoms with Gasteiger partial charge in [0.05, 0.1) is 14.1 Å². The fourth-order valence-corrected chi connectivity index (χ4v) is 0.991. The summed E-state index contributed by atoms with van der Waals surface area (Å²) in [5.41, 5.74) is 0. The van der Waals surface area contributed by atoms with Crippen LogP contribution in [-0.2, 0) is 30.2 Å². The lowest BCUT2D eigenvalue weighted by atomic mass is 10.6. The molecule has 0 N–H and O–H groups in total. The van der Waals surface area contributed by atoms with Gasteiger partial charge in [-0.2, -0.15) is 0 Å². The van der Waals surface area contributed by atoms with Crippen LogP contribution < -0.4 is 28.5 Å². The van der Waals surface area contributed by atoms with E-state index in [9.17, 15) is 4.79 Å². The number of halogens is 1. The molecule has 1 aromatic heterocycles. The van der Waals surface area contributed by atoms with E-state index < -0.39 is 0 Å². The normalized spacial score (nSPS) is 9.15. The molecule has 0 aliphatic rings. The minimum absolute atomic E-state index is 0. The Morgan fingerprint density at radius 1 is 1.69 bits per heavy atom. The molecule has 0 bridgehead atoms. The molecule has 1 heterocycles. The molecule has 0 unspecified atom stereocenters. The van der Waals surface area contributed by atoms with E-state index in [1.54, 1.807) is 0 Å². The second kappa shape index (κ2) is 5.21. The number of imidazole rings is 1. The zero-order chi connectivity index (χ0) is 9.14. The van der Waals surface area contributed by atoms with E-state index in [0.717, 1.165) is 5.82 Å². The minimum Gasteiger partial charge on any atom is -1.00 e. The lowest BCUT2D eigenvalue weighted by Gasteiger charge is -1.98. The predicted molar refractivity (Wildman–Crippen MR) is 42.1 cm³/mol. The third kappa shape index (κ3) is 3.33. The molecule has 0 aliphatic carbocycles. The van der Waals surface area contributed by atoms with Crippen molar-refractivity contribution in [2.45, 2.75) is 13.5 Å². The highest BCUT2D eigenvalue weighted by atomic mass is 127.